The van der Waals surface area contributed by atoms with Gasteiger partial charge >= 0.3 is 5.97 Å². The van der Waals surface area contributed by atoms with Crippen LogP contribution in [0.2, 0.25) is 0 Å². The highest BCUT2D eigenvalue weighted by molar-refractivity contribution is 5.94. The third kappa shape index (κ3) is 3.21. The Balaban J connectivity index is 1.86. The van der Waals surface area contributed by atoms with Crippen LogP contribution in [0.25, 0.3) is 0 Å². The molecule has 0 spiro atoms. The number of hydrogen-bond donors (Lipinski definition) is 0. The maximum absolute atomic E-state index is 12.2. The topological polar surface area (TPSA) is 60.2 Å². The molecular formula is C17H22N4O2. The molecule has 1 aliphatic rings. The molecule has 2 aromatic heterocycles. The monoisotopic (exact) mass is 314 g/mol. The molecular weight excluding hydrogens is 292 g/mol. The van der Waals surface area contributed by atoms with E-state index in [0.717, 1.165) is 19.5 Å². The number of anilines is 1. The Hall–Kier alpha value is -2.37. The van der Waals surface area contributed by atoms with Gasteiger partial charge in [-0.25, -0.2) is 14.8 Å². The van der Waals surface area contributed by atoms with Gasteiger partial charge in [-0.05, 0) is 31.4 Å². The van der Waals surface area contributed by atoms with Crippen LogP contribution in [0.1, 0.15) is 36.7 Å². The molecule has 0 amide bonds. The quantitative estimate of drug-likeness (QED) is 0.812. The Labute approximate surface area is 136 Å². The lowest BCUT2D eigenvalue weighted by Crippen LogP contribution is -2.41. The van der Waals surface area contributed by atoms with Gasteiger partial charge in [0.05, 0.1) is 19.0 Å². The van der Waals surface area contributed by atoms with E-state index in [2.05, 4.69) is 26.4 Å². The van der Waals surface area contributed by atoms with Crippen molar-refractivity contribution in [3.05, 3.63) is 42.6 Å². The summed E-state index contributed by atoms with van der Waals surface area (Å²) in [7, 11) is 0. The molecule has 1 aliphatic heterocycles. The number of carbonyl (C=O) groups is 1. The third-order valence-electron chi connectivity index (χ3n) is 4.41. The maximum atomic E-state index is 12.2. The molecule has 0 radical (unpaired) electrons. The van der Waals surface area contributed by atoms with Gasteiger partial charge in [-0.3, -0.25) is 0 Å². The van der Waals surface area contributed by atoms with Crippen molar-refractivity contribution >= 4 is 11.8 Å². The van der Waals surface area contributed by atoms with Crippen molar-refractivity contribution in [2.45, 2.75) is 26.3 Å². The second kappa shape index (κ2) is 6.81. The van der Waals surface area contributed by atoms with E-state index in [1.54, 1.807) is 24.5 Å². The van der Waals surface area contributed by atoms with Crippen molar-refractivity contribution in [1.29, 1.82) is 0 Å². The Morgan fingerprint density at radius 1 is 1.43 bits per heavy atom. The molecule has 3 heterocycles. The number of piperidine rings is 1. The fraction of sp³-hybridized carbons (Fsp3) is 0.471. The van der Waals surface area contributed by atoms with E-state index in [1.165, 1.54) is 0 Å². The van der Waals surface area contributed by atoms with Gasteiger partial charge in [0.2, 0.25) is 0 Å². The molecule has 23 heavy (non-hydrogen) atoms. The number of esters is 1. The highest BCUT2D eigenvalue weighted by Gasteiger charge is 2.30. The van der Waals surface area contributed by atoms with Gasteiger partial charge in [-0.2, -0.15) is 0 Å². The molecule has 6 heteroatoms. The highest BCUT2D eigenvalue weighted by Crippen LogP contribution is 2.31. The first-order valence-corrected chi connectivity index (χ1v) is 8.05. The summed E-state index contributed by atoms with van der Waals surface area (Å²) in [6.45, 7) is 6.12. The summed E-state index contributed by atoms with van der Waals surface area (Å²) in [6, 6.07) is 3.88. The first kappa shape index (κ1) is 15.5. The third-order valence-corrected chi connectivity index (χ3v) is 4.41. The molecule has 122 valence electrons. The van der Waals surface area contributed by atoms with E-state index < -0.39 is 0 Å². The first-order valence-electron chi connectivity index (χ1n) is 8.05. The average molecular weight is 314 g/mol. The van der Waals surface area contributed by atoms with Gasteiger partial charge in [-0.1, -0.05) is 6.92 Å². The van der Waals surface area contributed by atoms with Gasteiger partial charge < -0.3 is 14.2 Å². The average Bonchev–Trinajstić information content (AvgIpc) is 3.10. The molecule has 0 bridgehead atoms. The van der Waals surface area contributed by atoms with E-state index in [1.807, 2.05) is 19.4 Å². The summed E-state index contributed by atoms with van der Waals surface area (Å²) < 4.78 is 7.30. The lowest BCUT2D eigenvalue weighted by atomic mass is 9.93. The zero-order valence-corrected chi connectivity index (χ0v) is 13.6. The van der Waals surface area contributed by atoms with Gasteiger partial charge in [-0.15, -0.1) is 0 Å². The zero-order chi connectivity index (χ0) is 16.2. The van der Waals surface area contributed by atoms with Crippen LogP contribution in [0.4, 0.5) is 5.82 Å². The fourth-order valence-electron chi connectivity index (χ4n) is 3.11. The number of nitrogens with zero attached hydrogens (tertiary/aromatic N) is 4. The Morgan fingerprint density at radius 2 is 2.30 bits per heavy atom. The summed E-state index contributed by atoms with van der Waals surface area (Å²) in [6.07, 6.45) is 8.42. The lowest BCUT2D eigenvalue weighted by molar-refractivity contribution is 0.0526. The molecule has 0 unspecified atom stereocenters. The molecule has 0 aromatic carbocycles. The van der Waals surface area contributed by atoms with Crippen LogP contribution in [0.5, 0.6) is 0 Å². The summed E-state index contributed by atoms with van der Waals surface area (Å²) in [5.74, 6) is 0.951. The van der Waals surface area contributed by atoms with Gasteiger partial charge in [0.25, 0.3) is 0 Å². The zero-order valence-electron chi connectivity index (χ0n) is 13.6. The van der Waals surface area contributed by atoms with E-state index >= 15 is 0 Å². The molecule has 0 N–H and O–H groups in total. The molecule has 1 saturated heterocycles. The summed E-state index contributed by atoms with van der Waals surface area (Å²) >= 11 is 0. The molecule has 3 rings (SSSR count). The van der Waals surface area contributed by atoms with Crippen LogP contribution in [0, 0.1) is 5.92 Å². The first-order chi connectivity index (χ1) is 11.2. The number of carbonyl (C=O) groups excluding carboxylic acids is 1. The highest BCUT2D eigenvalue weighted by atomic mass is 16.5. The summed E-state index contributed by atoms with van der Waals surface area (Å²) in [5, 5.41) is 0. The van der Waals surface area contributed by atoms with Gasteiger partial charge in [0.15, 0.2) is 0 Å². The van der Waals surface area contributed by atoms with Gasteiger partial charge in [0, 0.05) is 31.7 Å². The number of ether oxygens (including phenoxy) is 1. The minimum atomic E-state index is -0.312. The predicted molar refractivity (Wildman–Crippen MR) is 87.5 cm³/mol. The SMILES string of the molecule is CCOC(=O)c1cccnc1N1CC[C@H](C)[C@@H](n2ccnc2)C1. The largest absolute Gasteiger partial charge is 0.462 e. The van der Waals surface area contributed by atoms with Gasteiger partial charge in [0.1, 0.15) is 11.4 Å². The van der Waals surface area contributed by atoms with E-state index in [9.17, 15) is 4.79 Å². The van der Waals surface area contributed by atoms with E-state index in [-0.39, 0.29) is 5.97 Å². The normalized spacial score (nSPS) is 21.2. The van der Waals surface area contributed by atoms with Crippen molar-refractivity contribution in [3.63, 3.8) is 0 Å². The van der Waals surface area contributed by atoms with Crippen molar-refractivity contribution in [2.24, 2.45) is 5.92 Å². The van der Waals surface area contributed by atoms with Crippen LogP contribution in [0.3, 0.4) is 0 Å². The minimum absolute atomic E-state index is 0.312. The van der Waals surface area contributed by atoms with Crippen molar-refractivity contribution in [2.75, 3.05) is 24.6 Å². The van der Waals surface area contributed by atoms with E-state index in [4.69, 9.17) is 4.74 Å². The molecule has 6 nitrogen and oxygen atoms in total. The van der Waals surface area contributed by atoms with Crippen molar-refractivity contribution in [3.8, 4) is 0 Å². The van der Waals surface area contributed by atoms with Crippen LogP contribution in [0.15, 0.2) is 37.1 Å². The molecule has 2 atom stereocenters. The Morgan fingerprint density at radius 3 is 3.04 bits per heavy atom. The Kier molecular flexibility index (Phi) is 4.60. The Bertz CT molecular complexity index is 656. The molecule has 2 aromatic rings. The van der Waals surface area contributed by atoms with Crippen molar-refractivity contribution in [1.82, 2.24) is 14.5 Å². The van der Waals surface area contributed by atoms with Crippen LogP contribution in [-0.4, -0.2) is 40.2 Å². The predicted octanol–water partition coefficient (Wildman–Crippen LogP) is 2.54. The number of pyridine rings is 1. The smallest absolute Gasteiger partial charge is 0.341 e. The van der Waals surface area contributed by atoms with Crippen LogP contribution < -0.4 is 4.90 Å². The molecule has 1 fully saturated rings. The van der Waals surface area contributed by atoms with Crippen LogP contribution >= 0.6 is 0 Å². The number of imidazole rings is 1. The number of rotatable bonds is 4. The second-order valence-electron chi connectivity index (χ2n) is 5.88. The van der Waals surface area contributed by atoms with E-state index in [0.29, 0.717) is 29.9 Å². The van der Waals surface area contributed by atoms with Crippen LogP contribution in [-0.2, 0) is 4.74 Å². The summed E-state index contributed by atoms with van der Waals surface area (Å²) in [4.78, 5) is 23.0. The fourth-order valence-corrected chi connectivity index (χ4v) is 3.11. The minimum Gasteiger partial charge on any atom is -0.462 e. The second-order valence-corrected chi connectivity index (χ2v) is 5.88. The standard InChI is InChI=1S/C17H22N4O2/c1-3-23-17(22)14-5-4-7-19-16(14)20-9-6-13(2)15(11-20)21-10-8-18-12-21/h4-5,7-8,10,12-13,15H,3,6,9,11H2,1-2H3/t13-,15-/m0/s1. The number of hydrogen-bond acceptors (Lipinski definition) is 5. The lowest BCUT2D eigenvalue weighted by Gasteiger charge is -2.38. The maximum Gasteiger partial charge on any atom is 0.341 e. The van der Waals surface area contributed by atoms with Crippen molar-refractivity contribution < 1.29 is 9.53 Å². The number of aromatic nitrogens is 3. The summed E-state index contributed by atoms with van der Waals surface area (Å²) in [5.41, 5.74) is 0.535. The molecule has 0 saturated carbocycles. The molecule has 0 aliphatic carbocycles.